The minimum Gasteiger partial charge on any atom is -0.497 e. The smallest absolute Gasteiger partial charge is 0.220 e. The average Bonchev–Trinajstić information content (AvgIpc) is 3.19. The number of ether oxygens (including phenoxy) is 2. The Balaban J connectivity index is 1.43. The van der Waals surface area contributed by atoms with Gasteiger partial charge >= 0.3 is 0 Å². The number of nitrogens with one attached hydrogen (secondary N) is 1. The topological polar surface area (TPSA) is 52.5 Å². The number of nitrogens with zero attached hydrogens (tertiary/aromatic N) is 1. The molecule has 0 bridgehead atoms. The van der Waals surface area contributed by atoms with Crippen molar-refractivity contribution in [1.82, 2.24) is 9.88 Å². The summed E-state index contributed by atoms with van der Waals surface area (Å²) in [5.74, 6) is 1.48. The van der Waals surface area contributed by atoms with Gasteiger partial charge in [-0.3, -0.25) is 4.79 Å². The highest BCUT2D eigenvalue weighted by molar-refractivity contribution is 5.85. The summed E-state index contributed by atoms with van der Waals surface area (Å²) in [6.45, 7) is 1.21. The van der Waals surface area contributed by atoms with Crippen LogP contribution >= 0.6 is 0 Å². The van der Waals surface area contributed by atoms with Crippen LogP contribution in [0.2, 0.25) is 0 Å². The zero-order chi connectivity index (χ0) is 22.3. The Labute approximate surface area is 188 Å². The fourth-order valence-electron chi connectivity index (χ4n) is 3.98. The third-order valence-corrected chi connectivity index (χ3v) is 5.65. The van der Waals surface area contributed by atoms with Crippen LogP contribution in [0.1, 0.15) is 23.1 Å². The number of amides is 1. The van der Waals surface area contributed by atoms with Crippen molar-refractivity contribution in [2.24, 2.45) is 0 Å². The fourth-order valence-corrected chi connectivity index (χ4v) is 3.98. The van der Waals surface area contributed by atoms with Crippen LogP contribution in [0.25, 0.3) is 10.9 Å². The minimum absolute atomic E-state index is 0.00904. The SMILES string of the molecule is COc1ccc(OC)c(CNC(=O)CCc2cn(Cc3ccccc3)c3ccccc23)c1. The van der Waals surface area contributed by atoms with Crippen LogP contribution in [-0.4, -0.2) is 24.7 Å². The molecule has 0 radical (unpaired) electrons. The van der Waals surface area contributed by atoms with Gasteiger partial charge in [-0.15, -0.1) is 0 Å². The van der Waals surface area contributed by atoms with E-state index in [1.807, 2.05) is 30.3 Å². The zero-order valence-corrected chi connectivity index (χ0v) is 18.5. The lowest BCUT2D eigenvalue weighted by Crippen LogP contribution is -2.23. The van der Waals surface area contributed by atoms with Gasteiger partial charge in [0.05, 0.1) is 14.2 Å². The van der Waals surface area contributed by atoms with Gasteiger partial charge in [-0.05, 0) is 41.8 Å². The number of aryl methyl sites for hydroxylation is 1. The first kappa shape index (κ1) is 21.5. The Kier molecular flexibility index (Phi) is 6.75. The van der Waals surface area contributed by atoms with Crippen LogP contribution in [0.5, 0.6) is 11.5 Å². The molecule has 5 nitrogen and oxygen atoms in total. The molecule has 0 spiro atoms. The van der Waals surface area contributed by atoms with Gasteiger partial charge in [0.15, 0.2) is 0 Å². The Morgan fingerprint density at radius 2 is 1.69 bits per heavy atom. The van der Waals surface area contributed by atoms with Crippen LogP contribution in [0.3, 0.4) is 0 Å². The lowest BCUT2D eigenvalue weighted by molar-refractivity contribution is -0.121. The Morgan fingerprint density at radius 3 is 2.47 bits per heavy atom. The number of hydrogen-bond acceptors (Lipinski definition) is 3. The molecule has 0 atom stereocenters. The van der Waals surface area contributed by atoms with E-state index in [4.69, 9.17) is 9.47 Å². The predicted molar refractivity (Wildman–Crippen MR) is 127 cm³/mol. The Bertz CT molecular complexity index is 1200. The maximum atomic E-state index is 12.6. The van der Waals surface area contributed by atoms with Crippen molar-refractivity contribution in [3.63, 3.8) is 0 Å². The summed E-state index contributed by atoms with van der Waals surface area (Å²) in [4.78, 5) is 12.6. The maximum Gasteiger partial charge on any atom is 0.220 e. The molecular formula is C27H28N2O3. The number of carbonyl (C=O) groups excluding carboxylic acids is 1. The quantitative estimate of drug-likeness (QED) is 0.410. The fraction of sp³-hybridized carbons (Fsp3) is 0.222. The molecule has 0 aliphatic rings. The lowest BCUT2D eigenvalue weighted by atomic mass is 10.1. The van der Waals surface area contributed by atoms with Crippen molar-refractivity contribution < 1.29 is 14.3 Å². The normalized spacial score (nSPS) is 10.8. The van der Waals surface area contributed by atoms with E-state index in [0.29, 0.717) is 19.4 Å². The molecule has 4 rings (SSSR count). The molecule has 0 saturated heterocycles. The molecular weight excluding hydrogens is 400 g/mol. The first-order chi connectivity index (χ1) is 15.7. The third kappa shape index (κ3) is 4.94. The van der Waals surface area contributed by atoms with E-state index in [9.17, 15) is 4.79 Å². The van der Waals surface area contributed by atoms with Crippen LogP contribution in [0.4, 0.5) is 0 Å². The van der Waals surface area contributed by atoms with Crippen molar-refractivity contribution in [2.75, 3.05) is 14.2 Å². The van der Waals surface area contributed by atoms with Crippen molar-refractivity contribution >= 4 is 16.8 Å². The molecule has 32 heavy (non-hydrogen) atoms. The van der Waals surface area contributed by atoms with Crippen LogP contribution in [-0.2, 0) is 24.3 Å². The summed E-state index contributed by atoms with van der Waals surface area (Å²) in [7, 11) is 3.25. The second-order valence-electron chi connectivity index (χ2n) is 7.74. The standard InChI is InChI=1S/C27H28N2O3/c1-31-23-13-14-26(32-2)22(16-23)17-28-27(30)15-12-21-19-29(18-20-8-4-3-5-9-20)25-11-7-6-10-24(21)25/h3-11,13-14,16,19H,12,15,17-18H2,1-2H3,(H,28,30). The van der Waals surface area contributed by atoms with Gasteiger partial charge in [-0.2, -0.15) is 0 Å². The average molecular weight is 429 g/mol. The summed E-state index contributed by atoms with van der Waals surface area (Å²) < 4.78 is 12.9. The van der Waals surface area contributed by atoms with E-state index in [0.717, 1.165) is 23.6 Å². The highest BCUT2D eigenvalue weighted by Gasteiger charge is 2.12. The molecule has 0 aliphatic carbocycles. The monoisotopic (exact) mass is 428 g/mol. The molecule has 0 unspecified atom stereocenters. The number of benzene rings is 3. The van der Waals surface area contributed by atoms with Gasteiger partial charge in [-0.25, -0.2) is 0 Å². The van der Waals surface area contributed by atoms with E-state index in [2.05, 4.69) is 58.5 Å². The van der Waals surface area contributed by atoms with Crippen LogP contribution in [0, 0.1) is 0 Å². The predicted octanol–water partition coefficient (Wildman–Crippen LogP) is 4.96. The van der Waals surface area contributed by atoms with Gasteiger partial charge < -0.3 is 19.4 Å². The number of rotatable bonds is 9. The zero-order valence-electron chi connectivity index (χ0n) is 18.5. The van der Waals surface area contributed by atoms with Gasteiger partial charge in [0.1, 0.15) is 11.5 Å². The molecule has 1 N–H and O–H groups in total. The number of methoxy groups -OCH3 is 2. The maximum absolute atomic E-state index is 12.6. The number of carbonyl (C=O) groups is 1. The molecule has 3 aromatic carbocycles. The highest BCUT2D eigenvalue weighted by Crippen LogP contribution is 2.25. The van der Waals surface area contributed by atoms with Crippen molar-refractivity contribution in [2.45, 2.75) is 25.9 Å². The van der Waals surface area contributed by atoms with Crippen molar-refractivity contribution in [3.8, 4) is 11.5 Å². The first-order valence-electron chi connectivity index (χ1n) is 10.8. The summed E-state index contributed by atoms with van der Waals surface area (Å²) >= 11 is 0. The van der Waals surface area contributed by atoms with E-state index in [1.54, 1.807) is 14.2 Å². The number of hydrogen-bond donors (Lipinski definition) is 1. The molecule has 1 amide bonds. The molecule has 0 saturated carbocycles. The highest BCUT2D eigenvalue weighted by atomic mass is 16.5. The molecule has 1 aromatic heterocycles. The molecule has 5 heteroatoms. The van der Waals surface area contributed by atoms with Crippen molar-refractivity contribution in [1.29, 1.82) is 0 Å². The van der Waals surface area contributed by atoms with Gasteiger partial charge in [0.25, 0.3) is 0 Å². The third-order valence-electron chi connectivity index (χ3n) is 5.65. The summed E-state index contributed by atoms with van der Waals surface area (Å²) in [5, 5.41) is 4.21. The number of aromatic nitrogens is 1. The number of para-hydroxylation sites is 1. The van der Waals surface area contributed by atoms with E-state index >= 15 is 0 Å². The Hall–Kier alpha value is -3.73. The lowest BCUT2D eigenvalue weighted by Gasteiger charge is -2.11. The van der Waals surface area contributed by atoms with Gasteiger partial charge in [0.2, 0.25) is 5.91 Å². The first-order valence-corrected chi connectivity index (χ1v) is 10.8. The summed E-state index contributed by atoms with van der Waals surface area (Å²) in [5.41, 5.74) is 4.52. The second kappa shape index (κ2) is 10.1. The van der Waals surface area contributed by atoms with Crippen LogP contribution in [0.15, 0.2) is 79.0 Å². The molecule has 4 aromatic rings. The number of fused-ring (bicyclic) bond motifs is 1. The molecule has 0 fully saturated rings. The molecule has 1 heterocycles. The minimum atomic E-state index is 0.00904. The van der Waals surface area contributed by atoms with Crippen LogP contribution < -0.4 is 14.8 Å². The van der Waals surface area contributed by atoms with Gasteiger partial charge in [0, 0.05) is 42.2 Å². The molecule has 164 valence electrons. The van der Waals surface area contributed by atoms with Gasteiger partial charge in [-0.1, -0.05) is 48.5 Å². The molecule has 0 aliphatic heterocycles. The summed E-state index contributed by atoms with van der Waals surface area (Å²) in [6.07, 6.45) is 3.28. The second-order valence-corrected chi connectivity index (χ2v) is 7.74. The van der Waals surface area contributed by atoms with E-state index in [-0.39, 0.29) is 5.91 Å². The Morgan fingerprint density at radius 1 is 0.906 bits per heavy atom. The largest absolute Gasteiger partial charge is 0.497 e. The van der Waals surface area contributed by atoms with E-state index < -0.39 is 0 Å². The van der Waals surface area contributed by atoms with Crippen molar-refractivity contribution in [3.05, 3.63) is 95.7 Å². The summed E-state index contributed by atoms with van der Waals surface area (Å²) in [6, 6.07) is 24.4. The van der Waals surface area contributed by atoms with E-state index in [1.165, 1.54) is 22.0 Å².